The van der Waals surface area contributed by atoms with Gasteiger partial charge in [-0.25, -0.2) is 0 Å². The van der Waals surface area contributed by atoms with E-state index in [0.29, 0.717) is 17.7 Å². The lowest BCUT2D eigenvalue weighted by Crippen LogP contribution is -2.28. The van der Waals surface area contributed by atoms with Crippen LogP contribution in [0, 0.1) is 17.2 Å². The molecule has 1 fully saturated rings. The maximum atomic E-state index is 12.7. The van der Waals surface area contributed by atoms with Gasteiger partial charge >= 0.3 is 6.18 Å². The fourth-order valence-corrected chi connectivity index (χ4v) is 2.18. The fraction of sp³-hybridized carbons (Fsp3) is 0.417. The second kappa shape index (κ2) is 4.38. The highest BCUT2D eigenvalue weighted by atomic mass is 19.4. The Kier molecular flexibility index (Phi) is 3.07. The maximum absolute atomic E-state index is 12.7. The molecular weight excluding hydrogens is 229 g/mol. The molecule has 1 heterocycles. The number of nitrogens with zero attached hydrogens (tertiary/aromatic N) is 1. The molecule has 2 nitrogen and oxygen atoms in total. The van der Waals surface area contributed by atoms with Gasteiger partial charge in [-0.2, -0.15) is 18.4 Å². The monoisotopic (exact) mass is 240 g/mol. The number of alkyl halides is 3. The quantitative estimate of drug-likeness (QED) is 0.818. The van der Waals surface area contributed by atoms with Crippen molar-refractivity contribution >= 4 is 0 Å². The van der Waals surface area contributed by atoms with Gasteiger partial charge in [0, 0.05) is 19.0 Å². The molecule has 1 aromatic rings. The van der Waals surface area contributed by atoms with E-state index in [-0.39, 0.29) is 6.54 Å². The summed E-state index contributed by atoms with van der Waals surface area (Å²) in [6.45, 7) is 0.296. The van der Waals surface area contributed by atoms with Crippen LogP contribution in [-0.4, -0.2) is 19.3 Å². The van der Waals surface area contributed by atoms with E-state index >= 15 is 0 Å². The zero-order valence-electron chi connectivity index (χ0n) is 8.96. The van der Waals surface area contributed by atoms with Crippen LogP contribution in [-0.2, 0) is 0 Å². The normalized spacial score (nSPS) is 24.6. The van der Waals surface area contributed by atoms with Crippen molar-refractivity contribution in [3.8, 4) is 6.07 Å². The molecule has 0 aliphatic carbocycles. The second-order valence-corrected chi connectivity index (χ2v) is 4.15. The highest BCUT2D eigenvalue weighted by molar-refractivity contribution is 5.34. The fourth-order valence-electron chi connectivity index (χ4n) is 2.18. The Bertz CT molecular complexity index is 431. The first-order valence-corrected chi connectivity index (χ1v) is 5.30. The zero-order chi connectivity index (χ0) is 12.5. The summed E-state index contributed by atoms with van der Waals surface area (Å²) in [7, 11) is 0. The topological polar surface area (TPSA) is 35.8 Å². The number of nitrogens with one attached hydrogen (secondary N) is 1. The molecule has 0 bridgehead atoms. The second-order valence-electron chi connectivity index (χ2n) is 4.15. The van der Waals surface area contributed by atoms with Crippen molar-refractivity contribution in [1.29, 1.82) is 5.26 Å². The average Bonchev–Trinajstić information content (AvgIpc) is 2.78. The lowest BCUT2D eigenvalue weighted by atomic mass is 9.88. The van der Waals surface area contributed by atoms with E-state index in [1.807, 2.05) is 6.07 Å². The van der Waals surface area contributed by atoms with Crippen molar-refractivity contribution in [3.63, 3.8) is 0 Å². The molecule has 5 heteroatoms. The number of hydrogen-bond donors (Lipinski definition) is 1. The summed E-state index contributed by atoms with van der Waals surface area (Å²) in [5, 5.41) is 11.4. The molecule has 90 valence electrons. The molecule has 0 radical (unpaired) electrons. The molecular formula is C12H11F3N2. The molecule has 0 aromatic heterocycles. The first-order chi connectivity index (χ1) is 8.02. The van der Waals surface area contributed by atoms with Crippen molar-refractivity contribution in [1.82, 2.24) is 5.32 Å². The lowest BCUT2D eigenvalue weighted by Gasteiger charge is -2.21. The summed E-state index contributed by atoms with van der Waals surface area (Å²) in [5.74, 6) is -1.89. The molecule has 0 saturated carbocycles. The van der Waals surface area contributed by atoms with E-state index in [9.17, 15) is 13.2 Å². The Balaban J connectivity index is 2.24. The van der Waals surface area contributed by atoms with E-state index < -0.39 is 18.0 Å². The largest absolute Gasteiger partial charge is 0.393 e. The van der Waals surface area contributed by atoms with Crippen LogP contribution < -0.4 is 5.32 Å². The van der Waals surface area contributed by atoms with Crippen LogP contribution in [0.15, 0.2) is 24.3 Å². The van der Waals surface area contributed by atoms with Gasteiger partial charge in [0.05, 0.1) is 17.6 Å². The zero-order valence-corrected chi connectivity index (χ0v) is 8.96. The molecule has 1 N–H and O–H groups in total. The van der Waals surface area contributed by atoms with Crippen molar-refractivity contribution in [3.05, 3.63) is 35.4 Å². The van der Waals surface area contributed by atoms with Gasteiger partial charge in [0.1, 0.15) is 0 Å². The minimum Gasteiger partial charge on any atom is -0.315 e. The van der Waals surface area contributed by atoms with E-state index in [4.69, 9.17) is 5.26 Å². The van der Waals surface area contributed by atoms with Gasteiger partial charge in [-0.05, 0) is 17.7 Å². The highest BCUT2D eigenvalue weighted by Gasteiger charge is 2.47. The van der Waals surface area contributed by atoms with Gasteiger partial charge in [-0.15, -0.1) is 0 Å². The predicted octanol–water partition coefficient (Wildman–Crippen LogP) is 2.42. The molecule has 2 atom stereocenters. The van der Waals surface area contributed by atoms with Gasteiger partial charge in [0.25, 0.3) is 0 Å². The van der Waals surface area contributed by atoms with Crippen LogP contribution in [0.4, 0.5) is 13.2 Å². The minimum atomic E-state index is -4.18. The minimum absolute atomic E-state index is 0.0336. The van der Waals surface area contributed by atoms with Crippen LogP contribution in [0.3, 0.4) is 0 Å². The Morgan fingerprint density at radius 3 is 2.35 bits per heavy atom. The highest BCUT2D eigenvalue weighted by Crippen LogP contribution is 2.39. The number of benzene rings is 1. The third kappa shape index (κ3) is 2.42. The molecule has 0 amide bonds. The van der Waals surface area contributed by atoms with Gasteiger partial charge in [0.15, 0.2) is 0 Å². The van der Waals surface area contributed by atoms with E-state index in [2.05, 4.69) is 5.32 Å². The van der Waals surface area contributed by atoms with Gasteiger partial charge in [-0.3, -0.25) is 0 Å². The summed E-state index contributed by atoms with van der Waals surface area (Å²) in [6, 6.07) is 8.27. The van der Waals surface area contributed by atoms with Crippen molar-refractivity contribution in [2.75, 3.05) is 13.1 Å². The number of halogens is 3. The first kappa shape index (κ1) is 11.9. The summed E-state index contributed by atoms with van der Waals surface area (Å²) < 4.78 is 38.2. The molecule has 17 heavy (non-hydrogen) atoms. The molecule has 1 saturated heterocycles. The lowest BCUT2D eigenvalue weighted by molar-refractivity contribution is -0.172. The molecule has 1 aliphatic rings. The van der Waals surface area contributed by atoms with Gasteiger partial charge < -0.3 is 5.32 Å². The third-order valence-corrected chi connectivity index (χ3v) is 3.10. The van der Waals surface area contributed by atoms with E-state index in [1.54, 1.807) is 24.3 Å². The Morgan fingerprint density at radius 2 is 1.82 bits per heavy atom. The molecule has 1 aromatic carbocycles. The van der Waals surface area contributed by atoms with E-state index in [0.717, 1.165) is 0 Å². The standard InChI is InChI=1S/C12H11F3N2/c13-12(14,15)11-7-17-6-10(11)9-3-1-8(5-16)2-4-9/h1-4,10-11,17H,6-7H2. The number of hydrogen-bond acceptors (Lipinski definition) is 2. The first-order valence-electron chi connectivity index (χ1n) is 5.30. The van der Waals surface area contributed by atoms with Crippen molar-refractivity contribution in [2.24, 2.45) is 5.92 Å². The van der Waals surface area contributed by atoms with Crippen LogP contribution in [0.1, 0.15) is 17.0 Å². The van der Waals surface area contributed by atoms with Crippen LogP contribution >= 0.6 is 0 Å². The summed E-state index contributed by atoms with van der Waals surface area (Å²) >= 11 is 0. The van der Waals surface area contributed by atoms with Gasteiger partial charge in [0.2, 0.25) is 0 Å². The third-order valence-electron chi connectivity index (χ3n) is 3.10. The van der Waals surface area contributed by atoms with Crippen LogP contribution in [0.5, 0.6) is 0 Å². The Hall–Kier alpha value is -1.54. The molecule has 2 unspecified atom stereocenters. The predicted molar refractivity (Wildman–Crippen MR) is 56.3 cm³/mol. The van der Waals surface area contributed by atoms with Gasteiger partial charge in [-0.1, -0.05) is 12.1 Å². The molecule has 2 rings (SSSR count). The average molecular weight is 240 g/mol. The summed E-state index contributed by atoms with van der Waals surface area (Å²) in [5.41, 5.74) is 1.10. The van der Waals surface area contributed by atoms with Crippen LogP contribution in [0.25, 0.3) is 0 Å². The summed E-state index contributed by atoms with van der Waals surface area (Å²) in [6.07, 6.45) is -4.18. The van der Waals surface area contributed by atoms with Crippen molar-refractivity contribution < 1.29 is 13.2 Å². The smallest absolute Gasteiger partial charge is 0.315 e. The molecule has 0 spiro atoms. The van der Waals surface area contributed by atoms with E-state index in [1.165, 1.54) is 0 Å². The number of nitriles is 1. The summed E-state index contributed by atoms with van der Waals surface area (Å²) in [4.78, 5) is 0. The van der Waals surface area contributed by atoms with Crippen LogP contribution in [0.2, 0.25) is 0 Å². The Labute approximate surface area is 97.1 Å². The number of rotatable bonds is 1. The Morgan fingerprint density at radius 1 is 1.18 bits per heavy atom. The van der Waals surface area contributed by atoms with Crippen molar-refractivity contribution in [2.45, 2.75) is 12.1 Å². The maximum Gasteiger partial charge on any atom is 0.393 e. The SMILES string of the molecule is N#Cc1ccc(C2CNCC2C(F)(F)F)cc1. The molecule has 1 aliphatic heterocycles.